The molecule has 2 saturated heterocycles. The Bertz CT molecular complexity index is 1040. The molecular weight excluding hydrogens is 458 g/mol. The van der Waals surface area contributed by atoms with Gasteiger partial charge in [-0.1, -0.05) is 18.2 Å². The molecule has 2 aliphatic heterocycles. The zero-order chi connectivity index (χ0) is 24.8. The molecule has 7 nitrogen and oxygen atoms in total. The van der Waals surface area contributed by atoms with Crippen molar-refractivity contribution in [3.8, 4) is 11.5 Å². The Labute approximate surface area is 203 Å². The molecule has 4 rings (SSSR count). The number of aryl methyl sites for hydroxylation is 1. The molecule has 0 spiro atoms. The lowest BCUT2D eigenvalue weighted by Crippen LogP contribution is -2.44. The van der Waals surface area contributed by atoms with Crippen molar-refractivity contribution in [2.45, 2.75) is 45.3 Å². The van der Waals surface area contributed by atoms with E-state index < -0.39 is 18.4 Å². The van der Waals surface area contributed by atoms with Crippen molar-refractivity contribution in [2.75, 3.05) is 31.6 Å². The summed E-state index contributed by atoms with van der Waals surface area (Å²) >= 11 is 0. The Morgan fingerprint density at radius 3 is 2.74 bits per heavy atom. The summed E-state index contributed by atoms with van der Waals surface area (Å²) in [5.74, 6) is -0.689. The van der Waals surface area contributed by atoms with Crippen LogP contribution in [0.3, 0.4) is 0 Å². The van der Waals surface area contributed by atoms with E-state index in [2.05, 4.69) is 10.1 Å². The molecule has 0 aromatic heterocycles. The number of alkyl halides is 2. The van der Waals surface area contributed by atoms with Crippen molar-refractivity contribution >= 4 is 17.5 Å². The summed E-state index contributed by atoms with van der Waals surface area (Å²) in [6.07, 6.45) is 3.25. The number of nitrogens with one attached hydrogen (secondary N) is 1. The number of amides is 2. The van der Waals surface area contributed by atoms with Crippen LogP contribution in [-0.4, -0.2) is 55.7 Å². The molecule has 2 amide bonds. The number of carbonyl (C=O) groups excluding carboxylic acids is 2. The molecule has 2 heterocycles. The van der Waals surface area contributed by atoms with E-state index in [1.54, 1.807) is 6.07 Å². The van der Waals surface area contributed by atoms with Crippen LogP contribution in [0.15, 0.2) is 42.5 Å². The molecule has 35 heavy (non-hydrogen) atoms. The first-order valence-corrected chi connectivity index (χ1v) is 11.9. The molecule has 188 valence electrons. The van der Waals surface area contributed by atoms with Crippen molar-refractivity contribution in [1.29, 1.82) is 0 Å². The molecule has 0 bridgehead atoms. The van der Waals surface area contributed by atoms with E-state index in [9.17, 15) is 18.4 Å². The van der Waals surface area contributed by atoms with Crippen LogP contribution in [0, 0.1) is 12.8 Å². The summed E-state index contributed by atoms with van der Waals surface area (Å²) in [5, 5.41) is 2.95. The van der Waals surface area contributed by atoms with Gasteiger partial charge in [0.25, 0.3) is 5.91 Å². The normalized spacial score (nSPS) is 20.1. The quantitative estimate of drug-likeness (QED) is 0.586. The molecular formula is C26H30F2N2O5. The fraction of sp³-hybridized carbons (Fsp3) is 0.462. The number of piperidine rings is 1. The predicted molar refractivity (Wildman–Crippen MR) is 126 cm³/mol. The van der Waals surface area contributed by atoms with Crippen LogP contribution in [-0.2, 0) is 9.53 Å². The fourth-order valence-electron chi connectivity index (χ4n) is 4.43. The number of anilines is 1. The van der Waals surface area contributed by atoms with Crippen molar-refractivity contribution in [1.82, 2.24) is 4.90 Å². The number of ether oxygens (including phenoxy) is 3. The average molecular weight is 489 g/mol. The number of halogens is 2. The summed E-state index contributed by atoms with van der Waals surface area (Å²) in [6, 6.07) is 11.5. The minimum absolute atomic E-state index is 0.0499. The zero-order valence-electron chi connectivity index (χ0n) is 19.7. The van der Waals surface area contributed by atoms with Gasteiger partial charge in [0.15, 0.2) is 0 Å². The average Bonchev–Trinajstić information content (AvgIpc) is 3.37. The first-order valence-electron chi connectivity index (χ1n) is 11.9. The predicted octanol–water partition coefficient (Wildman–Crippen LogP) is 4.65. The van der Waals surface area contributed by atoms with Crippen LogP contribution >= 0.6 is 0 Å². The lowest BCUT2D eigenvalue weighted by atomic mass is 9.96. The molecule has 0 radical (unpaired) electrons. The van der Waals surface area contributed by atoms with Crippen molar-refractivity contribution in [3.63, 3.8) is 0 Å². The highest BCUT2D eigenvalue weighted by molar-refractivity contribution is 5.98. The number of para-hydroxylation sites is 1. The highest BCUT2D eigenvalue weighted by Crippen LogP contribution is 2.29. The van der Waals surface area contributed by atoms with Crippen LogP contribution in [0.4, 0.5) is 14.5 Å². The van der Waals surface area contributed by atoms with Crippen molar-refractivity contribution in [3.05, 3.63) is 53.6 Å². The van der Waals surface area contributed by atoms with Gasteiger partial charge in [-0.15, -0.1) is 0 Å². The maximum atomic E-state index is 13.1. The lowest BCUT2D eigenvalue weighted by molar-refractivity contribution is -0.121. The second kappa shape index (κ2) is 11.5. The number of likely N-dealkylation sites (tertiary alicyclic amines) is 1. The second-order valence-electron chi connectivity index (χ2n) is 8.90. The van der Waals surface area contributed by atoms with Gasteiger partial charge in [0, 0.05) is 19.7 Å². The van der Waals surface area contributed by atoms with Crippen LogP contribution in [0.5, 0.6) is 11.5 Å². The summed E-state index contributed by atoms with van der Waals surface area (Å²) in [5.41, 5.74) is 1.62. The SMILES string of the molecule is Cc1ccc(NC(=O)C2CCCN(C(=O)c3ccccc3OC(F)F)C2)c(OCC2CCCO2)c1. The Morgan fingerprint density at radius 1 is 1.14 bits per heavy atom. The Hall–Kier alpha value is -3.20. The van der Waals surface area contributed by atoms with E-state index in [0.29, 0.717) is 37.4 Å². The molecule has 9 heteroatoms. The highest BCUT2D eigenvalue weighted by atomic mass is 19.3. The number of rotatable bonds is 8. The monoisotopic (exact) mass is 488 g/mol. The third-order valence-electron chi connectivity index (χ3n) is 6.26. The fourth-order valence-corrected chi connectivity index (χ4v) is 4.43. The molecule has 2 atom stereocenters. The van der Waals surface area contributed by atoms with Crippen LogP contribution in [0.1, 0.15) is 41.6 Å². The van der Waals surface area contributed by atoms with Crippen molar-refractivity contribution < 1.29 is 32.6 Å². The van der Waals surface area contributed by atoms with Gasteiger partial charge in [-0.2, -0.15) is 8.78 Å². The Balaban J connectivity index is 1.41. The Kier molecular flexibility index (Phi) is 8.17. The summed E-state index contributed by atoms with van der Waals surface area (Å²) < 4.78 is 41.6. The molecule has 2 fully saturated rings. The van der Waals surface area contributed by atoms with Gasteiger partial charge in [0.2, 0.25) is 5.91 Å². The van der Waals surface area contributed by atoms with E-state index in [1.807, 2.05) is 25.1 Å². The first-order chi connectivity index (χ1) is 16.9. The highest BCUT2D eigenvalue weighted by Gasteiger charge is 2.31. The second-order valence-corrected chi connectivity index (χ2v) is 8.90. The molecule has 0 saturated carbocycles. The molecule has 0 aliphatic carbocycles. The largest absolute Gasteiger partial charge is 0.489 e. The van der Waals surface area contributed by atoms with E-state index in [1.165, 1.54) is 23.1 Å². The first kappa shape index (κ1) is 24.9. The molecule has 1 N–H and O–H groups in total. The third-order valence-corrected chi connectivity index (χ3v) is 6.26. The maximum Gasteiger partial charge on any atom is 0.387 e. The topological polar surface area (TPSA) is 77.1 Å². The number of hydrogen-bond donors (Lipinski definition) is 1. The minimum atomic E-state index is -3.03. The van der Waals surface area contributed by atoms with Gasteiger partial charge < -0.3 is 24.4 Å². The molecule has 2 aromatic carbocycles. The zero-order valence-corrected chi connectivity index (χ0v) is 19.7. The summed E-state index contributed by atoms with van der Waals surface area (Å²) in [7, 11) is 0. The summed E-state index contributed by atoms with van der Waals surface area (Å²) in [6.45, 7) is 0.691. The Morgan fingerprint density at radius 2 is 1.97 bits per heavy atom. The van der Waals surface area contributed by atoms with Gasteiger partial charge in [-0.25, -0.2) is 0 Å². The minimum Gasteiger partial charge on any atom is -0.489 e. The van der Waals surface area contributed by atoms with Gasteiger partial charge in [0.1, 0.15) is 18.1 Å². The number of nitrogens with zero attached hydrogens (tertiary/aromatic N) is 1. The van der Waals surface area contributed by atoms with E-state index in [-0.39, 0.29) is 29.9 Å². The standard InChI is InChI=1S/C26H30F2N2O5/c1-17-10-11-21(23(14-17)34-16-19-7-5-13-33-19)29-24(31)18-6-4-12-30(15-18)25(32)20-8-2-3-9-22(20)35-26(27)28/h2-3,8-11,14,18-19,26H,4-7,12-13,15-16H2,1H3,(H,29,31). The van der Waals surface area contributed by atoms with Crippen LogP contribution in [0.25, 0.3) is 0 Å². The van der Waals surface area contributed by atoms with E-state index in [0.717, 1.165) is 25.0 Å². The number of benzene rings is 2. The van der Waals surface area contributed by atoms with Gasteiger partial charge in [-0.3, -0.25) is 9.59 Å². The maximum absolute atomic E-state index is 13.1. The van der Waals surface area contributed by atoms with Crippen molar-refractivity contribution in [2.24, 2.45) is 5.92 Å². The van der Waals surface area contributed by atoms with E-state index >= 15 is 0 Å². The van der Waals surface area contributed by atoms with Gasteiger partial charge >= 0.3 is 6.61 Å². The number of carbonyl (C=O) groups is 2. The molecule has 2 unspecified atom stereocenters. The van der Waals surface area contributed by atoms with Gasteiger partial charge in [0.05, 0.1) is 23.3 Å². The lowest BCUT2D eigenvalue weighted by Gasteiger charge is -2.32. The molecule has 2 aliphatic rings. The number of hydrogen-bond acceptors (Lipinski definition) is 5. The smallest absolute Gasteiger partial charge is 0.387 e. The third kappa shape index (κ3) is 6.48. The van der Waals surface area contributed by atoms with Gasteiger partial charge in [-0.05, 0) is 62.4 Å². The van der Waals surface area contributed by atoms with Crippen LogP contribution < -0.4 is 14.8 Å². The molecule has 2 aromatic rings. The summed E-state index contributed by atoms with van der Waals surface area (Å²) in [4.78, 5) is 27.7. The van der Waals surface area contributed by atoms with Crippen LogP contribution in [0.2, 0.25) is 0 Å². The van der Waals surface area contributed by atoms with E-state index in [4.69, 9.17) is 9.47 Å².